The zero-order chi connectivity index (χ0) is 15.4. The third-order valence-corrected chi connectivity index (χ3v) is 3.21. The Labute approximate surface area is 120 Å². The van der Waals surface area contributed by atoms with Crippen molar-refractivity contribution in [3.63, 3.8) is 0 Å². The minimum absolute atomic E-state index is 0.178. The quantitative estimate of drug-likeness (QED) is 0.685. The maximum absolute atomic E-state index is 11.6. The summed E-state index contributed by atoms with van der Waals surface area (Å²) in [5.41, 5.74) is -0.600. The van der Waals surface area contributed by atoms with Crippen LogP contribution in [0.2, 0.25) is 0 Å². The monoisotopic (exact) mass is 298 g/mol. The smallest absolute Gasteiger partial charge is 0.349 e. The predicted molar refractivity (Wildman–Crippen MR) is 70.3 cm³/mol. The molecule has 0 radical (unpaired) electrons. The fraction of sp³-hybridized carbons (Fsp3) is 0.615. The Morgan fingerprint density at radius 1 is 1.48 bits per heavy atom. The summed E-state index contributed by atoms with van der Waals surface area (Å²) in [6.45, 7) is 1.67. The minimum atomic E-state index is -1.30. The SMILES string of the molecule is CCCC(=O)OC[C@H]1O[C@@H](n2cccnc2=O)[C@H](O)[C@@H]1O. The lowest BCUT2D eigenvalue weighted by molar-refractivity contribution is -0.150. The first-order chi connectivity index (χ1) is 10.0. The highest BCUT2D eigenvalue weighted by atomic mass is 16.6. The van der Waals surface area contributed by atoms with E-state index in [0.29, 0.717) is 6.42 Å². The van der Waals surface area contributed by atoms with Crippen molar-refractivity contribution in [2.75, 3.05) is 6.61 Å². The molecule has 0 bridgehead atoms. The van der Waals surface area contributed by atoms with Crippen LogP contribution in [0.1, 0.15) is 26.0 Å². The molecule has 0 spiro atoms. The van der Waals surface area contributed by atoms with E-state index in [-0.39, 0.29) is 13.0 Å². The van der Waals surface area contributed by atoms with Crippen LogP contribution in [-0.4, -0.2) is 50.7 Å². The number of carbonyl (C=O) groups is 1. The molecule has 8 heteroatoms. The van der Waals surface area contributed by atoms with Crippen LogP contribution in [-0.2, 0) is 14.3 Å². The van der Waals surface area contributed by atoms with Gasteiger partial charge in [-0.2, -0.15) is 0 Å². The van der Waals surface area contributed by atoms with Gasteiger partial charge >= 0.3 is 11.7 Å². The molecule has 1 aromatic rings. The van der Waals surface area contributed by atoms with Gasteiger partial charge in [-0.1, -0.05) is 6.92 Å². The fourth-order valence-corrected chi connectivity index (χ4v) is 2.11. The lowest BCUT2D eigenvalue weighted by Gasteiger charge is -2.16. The zero-order valence-electron chi connectivity index (χ0n) is 11.6. The summed E-state index contributed by atoms with van der Waals surface area (Å²) >= 11 is 0. The molecule has 1 aromatic heterocycles. The topological polar surface area (TPSA) is 111 Å². The number of aromatic nitrogens is 2. The summed E-state index contributed by atoms with van der Waals surface area (Å²) in [5, 5.41) is 19.9. The summed E-state index contributed by atoms with van der Waals surface area (Å²) in [6, 6.07) is 1.51. The Bertz CT molecular complexity index is 545. The average Bonchev–Trinajstić information content (AvgIpc) is 2.74. The van der Waals surface area contributed by atoms with Gasteiger partial charge in [0, 0.05) is 18.8 Å². The van der Waals surface area contributed by atoms with Gasteiger partial charge in [-0.3, -0.25) is 9.36 Å². The highest BCUT2D eigenvalue weighted by Gasteiger charge is 2.44. The van der Waals surface area contributed by atoms with E-state index in [2.05, 4.69) is 4.98 Å². The van der Waals surface area contributed by atoms with Crippen LogP contribution in [0.15, 0.2) is 23.3 Å². The van der Waals surface area contributed by atoms with Crippen LogP contribution in [0.5, 0.6) is 0 Å². The van der Waals surface area contributed by atoms with Gasteiger partial charge in [-0.05, 0) is 12.5 Å². The molecule has 2 heterocycles. The number of hydrogen-bond acceptors (Lipinski definition) is 7. The largest absolute Gasteiger partial charge is 0.463 e. The maximum atomic E-state index is 11.6. The van der Waals surface area contributed by atoms with Gasteiger partial charge in [0.05, 0.1) is 0 Å². The number of aliphatic hydroxyl groups excluding tert-OH is 2. The van der Waals surface area contributed by atoms with E-state index in [1.54, 1.807) is 0 Å². The average molecular weight is 298 g/mol. The molecule has 4 atom stereocenters. The Morgan fingerprint density at radius 3 is 2.90 bits per heavy atom. The number of rotatable bonds is 5. The third kappa shape index (κ3) is 3.46. The van der Waals surface area contributed by atoms with Crippen molar-refractivity contribution in [3.05, 3.63) is 28.9 Å². The number of nitrogens with zero attached hydrogens (tertiary/aromatic N) is 2. The first-order valence-corrected chi connectivity index (χ1v) is 6.75. The van der Waals surface area contributed by atoms with Crippen molar-refractivity contribution in [2.45, 2.75) is 44.3 Å². The molecule has 1 aliphatic rings. The molecule has 116 valence electrons. The van der Waals surface area contributed by atoms with Crippen molar-refractivity contribution in [3.8, 4) is 0 Å². The first kappa shape index (κ1) is 15.6. The van der Waals surface area contributed by atoms with E-state index in [4.69, 9.17) is 9.47 Å². The Hall–Kier alpha value is -1.77. The van der Waals surface area contributed by atoms with Crippen LogP contribution >= 0.6 is 0 Å². The molecule has 1 fully saturated rings. The van der Waals surface area contributed by atoms with E-state index in [0.717, 1.165) is 4.57 Å². The van der Waals surface area contributed by atoms with Crippen molar-refractivity contribution < 1.29 is 24.5 Å². The van der Waals surface area contributed by atoms with Gasteiger partial charge in [0.15, 0.2) is 6.23 Å². The second kappa shape index (κ2) is 6.79. The molecular weight excluding hydrogens is 280 g/mol. The number of aliphatic hydroxyl groups is 2. The van der Waals surface area contributed by atoms with Crippen LogP contribution in [0.4, 0.5) is 0 Å². The molecule has 0 aromatic carbocycles. The van der Waals surface area contributed by atoms with Crippen molar-refractivity contribution >= 4 is 5.97 Å². The molecule has 0 aliphatic carbocycles. The molecule has 2 rings (SSSR count). The first-order valence-electron chi connectivity index (χ1n) is 6.75. The summed E-state index contributed by atoms with van der Waals surface area (Å²) in [4.78, 5) is 26.5. The second-order valence-corrected chi connectivity index (χ2v) is 4.79. The van der Waals surface area contributed by atoms with Crippen molar-refractivity contribution in [1.82, 2.24) is 9.55 Å². The van der Waals surface area contributed by atoms with E-state index in [1.807, 2.05) is 6.92 Å². The van der Waals surface area contributed by atoms with Gasteiger partial charge < -0.3 is 19.7 Å². The molecule has 21 heavy (non-hydrogen) atoms. The predicted octanol–water partition coefficient (Wildman–Crippen LogP) is -0.794. The van der Waals surface area contributed by atoms with E-state index < -0.39 is 36.2 Å². The van der Waals surface area contributed by atoms with Crippen LogP contribution < -0.4 is 5.69 Å². The van der Waals surface area contributed by atoms with Gasteiger partial charge in [0.1, 0.15) is 24.9 Å². The van der Waals surface area contributed by atoms with Crippen LogP contribution in [0.3, 0.4) is 0 Å². The number of carbonyl (C=O) groups excluding carboxylic acids is 1. The van der Waals surface area contributed by atoms with Gasteiger partial charge in [-0.15, -0.1) is 0 Å². The summed E-state index contributed by atoms with van der Waals surface area (Å²) in [7, 11) is 0. The summed E-state index contributed by atoms with van der Waals surface area (Å²) in [6.07, 6.45) is -0.852. The van der Waals surface area contributed by atoms with E-state index in [9.17, 15) is 19.8 Å². The number of ether oxygens (including phenoxy) is 2. The lowest BCUT2D eigenvalue weighted by Crippen LogP contribution is -2.36. The van der Waals surface area contributed by atoms with Crippen LogP contribution in [0.25, 0.3) is 0 Å². The van der Waals surface area contributed by atoms with Crippen molar-refractivity contribution in [2.24, 2.45) is 0 Å². The van der Waals surface area contributed by atoms with Gasteiger partial charge in [0.2, 0.25) is 0 Å². The van der Waals surface area contributed by atoms with Crippen molar-refractivity contribution in [1.29, 1.82) is 0 Å². The number of hydrogen-bond donors (Lipinski definition) is 2. The second-order valence-electron chi connectivity index (χ2n) is 4.79. The Balaban J connectivity index is 2.03. The maximum Gasteiger partial charge on any atom is 0.349 e. The normalized spacial score (nSPS) is 28.5. The lowest BCUT2D eigenvalue weighted by atomic mass is 10.1. The Kier molecular flexibility index (Phi) is 5.05. The standard InChI is InChI=1S/C13H18N2O6/c1-2-4-9(16)20-7-8-10(17)11(18)12(21-8)15-6-3-5-14-13(15)19/h3,5-6,8,10-12,17-18H,2,4,7H2,1H3/t8-,10-,11-,12-/m1/s1. The molecule has 0 unspecified atom stereocenters. The molecular formula is C13H18N2O6. The van der Waals surface area contributed by atoms with Gasteiger partial charge in [0.25, 0.3) is 0 Å². The molecule has 0 saturated carbocycles. The summed E-state index contributed by atoms with van der Waals surface area (Å²) < 4.78 is 11.5. The highest BCUT2D eigenvalue weighted by Crippen LogP contribution is 2.28. The molecule has 1 saturated heterocycles. The summed E-state index contributed by atoms with van der Waals surface area (Å²) in [5.74, 6) is -0.398. The van der Waals surface area contributed by atoms with Gasteiger partial charge in [-0.25, -0.2) is 9.78 Å². The molecule has 8 nitrogen and oxygen atoms in total. The molecule has 2 N–H and O–H groups in total. The van der Waals surface area contributed by atoms with Crippen LogP contribution in [0, 0.1) is 0 Å². The zero-order valence-corrected chi connectivity index (χ0v) is 11.6. The fourth-order valence-electron chi connectivity index (χ4n) is 2.11. The number of esters is 1. The highest BCUT2D eigenvalue weighted by molar-refractivity contribution is 5.69. The Morgan fingerprint density at radius 2 is 2.24 bits per heavy atom. The molecule has 1 aliphatic heterocycles. The minimum Gasteiger partial charge on any atom is -0.463 e. The third-order valence-electron chi connectivity index (χ3n) is 3.21. The van der Waals surface area contributed by atoms with E-state index >= 15 is 0 Å². The molecule has 0 amide bonds. The van der Waals surface area contributed by atoms with E-state index in [1.165, 1.54) is 18.5 Å².